The molecule has 0 radical (unpaired) electrons. The van der Waals surface area contributed by atoms with Gasteiger partial charge in [0.25, 0.3) is 0 Å². The Balaban J connectivity index is 1.62. The maximum atomic E-state index is 11.7. The monoisotopic (exact) mass is 370 g/mol. The van der Waals surface area contributed by atoms with E-state index in [0.717, 1.165) is 48.8 Å². The number of hydrogen-bond donors (Lipinski definition) is 1. The van der Waals surface area contributed by atoms with E-state index >= 15 is 0 Å². The molecule has 2 saturated heterocycles. The minimum atomic E-state index is -0.823. The molecule has 2 aromatic rings. The lowest BCUT2D eigenvalue weighted by Gasteiger charge is -2.37. The number of carbonyl (C=O) groups is 1. The van der Waals surface area contributed by atoms with E-state index < -0.39 is 6.09 Å². The predicted octanol–water partition coefficient (Wildman–Crippen LogP) is 4.00. The largest absolute Gasteiger partial charge is 0.465 e. The molecule has 1 N–H and O–H groups in total. The molecule has 146 valence electrons. The van der Waals surface area contributed by atoms with Crippen molar-refractivity contribution in [3.63, 3.8) is 0 Å². The van der Waals surface area contributed by atoms with Gasteiger partial charge in [-0.2, -0.15) is 5.10 Å². The summed E-state index contributed by atoms with van der Waals surface area (Å²) < 4.78 is 2.12. The van der Waals surface area contributed by atoms with E-state index in [9.17, 15) is 9.90 Å². The zero-order chi connectivity index (χ0) is 19.1. The lowest BCUT2D eigenvalue weighted by molar-refractivity contribution is 0.0900. The lowest BCUT2D eigenvalue weighted by atomic mass is 9.90. The Kier molecular flexibility index (Phi) is 4.84. The highest BCUT2D eigenvalue weighted by Crippen LogP contribution is 2.35. The van der Waals surface area contributed by atoms with Gasteiger partial charge in [-0.15, -0.1) is 0 Å². The molecule has 0 bridgehead atoms. The third kappa shape index (κ3) is 3.68. The van der Waals surface area contributed by atoms with Crippen molar-refractivity contribution in [2.75, 3.05) is 26.7 Å². The molecule has 3 heterocycles. The fraction of sp³-hybridized carbons (Fsp3) is 0.619. The van der Waals surface area contributed by atoms with E-state index in [-0.39, 0.29) is 6.04 Å². The maximum Gasteiger partial charge on any atom is 0.407 e. The molecule has 6 heteroatoms. The fourth-order valence-electron chi connectivity index (χ4n) is 4.93. The van der Waals surface area contributed by atoms with Crippen LogP contribution in [0, 0.1) is 11.8 Å². The summed E-state index contributed by atoms with van der Waals surface area (Å²) in [6, 6.07) is 6.62. The van der Waals surface area contributed by atoms with Crippen LogP contribution in [0.2, 0.25) is 0 Å². The molecule has 0 spiro atoms. The van der Waals surface area contributed by atoms with Crippen molar-refractivity contribution < 1.29 is 9.90 Å². The SMILES string of the molecule is C[C@@H]1C[C@@H](n2cc3ccc([C@H]4CC[C@H](C)CN4C(=O)O)cc3n2)CN(C)C1. The Morgan fingerprint density at radius 1 is 1.15 bits per heavy atom. The van der Waals surface area contributed by atoms with Gasteiger partial charge in [0.15, 0.2) is 0 Å². The van der Waals surface area contributed by atoms with Crippen LogP contribution in [0.1, 0.15) is 50.8 Å². The zero-order valence-corrected chi connectivity index (χ0v) is 16.5. The number of nitrogens with zero attached hydrogens (tertiary/aromatic N) is 4. The number of benzene rings is 1. The van der Waals surface area contributed by atoms with Gasteiger partial charge < -0.3 is 14.9 Å². The van der Waals surface area contributed by atoms with Crippen molar-refractivity contribution >= 4 is 17.0 Å². The molecule has 0 saturated carbocycles. The first-order chi connectivity index (χ1) is 12.9. The van der Waals surface area contributed by atoms with Crippen LogP contribution in [0.15, 0.2) is 24.4 Å². The predicted molar refractivity (Wildman–Crippen MR) is 106 cm³/mol. The zero-order valence-electron chi connectivity index (χ0n) is 16.5. The van der Waals surface area contributed by atoms with Gasteiger partial charge in [0.1, 0.15) is 0 Å². The minimum absolute atomic E-state index is 0.0610. The first kappa shape index (κ1) is 18.3. The normalized spacial score (nSPS) is 30.0. The molecule has 1 amide bonds. The average Bonchev–Trinajstić information content (AvgIpc) is 3.04. The molecule has 6 nitrogen and oxygen atoms in total. The first-order valence-electron chi connectivity index (χ1n) is 10.1. The van der Waals surface area contributed by atoms with Crippen LogP contribution in [-0.2, 0) is 0 Å². The van der Waals surface area contributed by atoms with Crippen LogP contribution in [-0.4, -0.2) is 57.5 Å². The van der Waals surface area contributed by atoms with Gasteiger partial charge in [0, 0.05) is 31.2 Å². The third-order valence-corrected chi connectivity index (χ3v) is 6.19. The summed E-state index contributed by atoms with van der Waals surface area (Å²) in [6.45, 7) is 7.21. The molecule has 27 heavy (non-hydrogen) atoms. The summed E-state index contributed by atoms with van der Waals surface area (Å²) in [5.74, 6) is 1.09. The molecule has 0 aliphatic carbocycles. The Hall–Kier alpha value is -2.08. The number of likely N-dealkylation sites (tertiary alicyclic amines) is 2. The van der Waals surface area contributed by atoms with E-state index in [0.29, 0.717) is 24.4 Å². The molecule has 4 rings (SSSR count). The molecule has 4 atom stereocenters. The summed E-state index contributed by atoms with van der Waals surface area (Å²) in [5.41, 5.74) is 2.04. The van der Waals surface area contributed by atoms with Crippen molar-refractivity contribution in [3.8, 4) is 0 Å². The Labute approximate surface area is 160 Å². The third-order valence-electron chi connectivity index (χ3n) is 6.19. The Morgan fingerprint density at radius 3 is 2.70 bits per heavy atom. The van der Waals surface area contributed by atoms with Crippen molar-refractivity contribution in [2.24, 2.45) is 11.8 Å². The fourth-order valence-corrected chi connectivity index (χ4v) is 4.93. The molecule has 2 aliphatic heterocycles. The van der Waals surface area contributed by atoms with E-state index in [2.05, 4.69) is 54.9 Å². The van der Waals surface area contributed by atoms with E-state index in [4.69, 9.17) is 5.10 Å². The highest BCUT2D eigenvalue weighted by atomic mass is 16.4. The van der Waals surface area contributed by atoms with Crippen molar-refractivity contribution in [1.29, 1.82) is 0 Å². The lowest BCUT2D eigenvalue weighted by Crippen LogP contribution is -2.40. The Bertz CT molecular complexity index is 823. The van der Waals surface area contributed by atoms with Gasteiger partial charge in [-0.1, -0.05) is 26.0 Å². The number of hydrogen-bond acceptors (Lipinski definition) is 3. The van der Waals surface area contributed by atoms with E-state index in [1.165, 1.54) is 0 Å². The average molecular weight is 370 g/mol. The number of aromatic nitrogens is 2. The second kappa shape index (κ2) is 7.15. The molecule has 0 unspecified atom stereocenters. The van der Waals surface area contributed by atoms with Crippen molar-refractivity contribution in [2.45, 2.75) is 45.2 Å². The van der Waals surface area contributed by atoms with Gasteiger partial charge in [-0.05, 0) is 49.8 Å². The molecule has 2 aliphatic rings. The number of carboxylic acid groups (broad SMARTS) is 1. The van der Waals surface area contributed by atoms with Crippen LogP contribution in [0.5, 0.6) is 0 Å². The highest BCUT2D eigenvalue weighted by molar-refractivity contribution is 5.79. The summed E-state index contributed by atoms with van der Waals surface area (Å²) in [6.07, 6.45) is 4.42. The second-order valence-corrected chi connectivity index (χ2v) is 8.78. The van der Waals surface area contributed by atoms with Gasteiger partial charge in [-0.3, -0.25) is 4.68 Å². The summed E-state index contributed by atoms with van der Waals surface area (Å²) in [7, 11) is 2.18. The number of piperidine rings is 2. The van der Waals surface area contributed by atoms with Crippen LogP contribution < -0.4 is 0 Å². The minimum Gasteiger partial charge on any atom is -0.465 e. The molecule has 1 aromatic carbocycles. The molecule has 2 fully saturated rings. The number of fused-ring (bicyclic) bond motifs is 1. The maximum absolute atomic E-state index is 11.7. The molecular formula is C21H30N4O2. The van der Waals surface area contributed by atoms with Crippen LogP contribution in [0.4, 0.5) is 4.79 Å². The van der Waals surface area contributed by atoms with Crippen molar-refractivity contribution in [3.05, 3.63) is 30.0 Å². The second-order valence-electron chi connectivity index (χ2n) is 8.78. The topological polar surface area (TPSA) is 61.6 Å². The highest BCUT2D eigenvalue weighted by Gasteiger charge is 2.31. The van der Waals surface area contributed by atoms with Gasteiger partial charge in [0.2, 0.25) is 0 Å². The standard InChI is InChI=1S/C21H30N4O2/c1-14-4-7-20(24(11-14)21(26)27)16-5-6-17-12-25(22-19(17)9-16)18-8-15(2)10-23(3)13-18/h5-6,9,12,14-15,18,20H,4,7-8,10-11,13H2,1-3H3,(H,26,27)/t14-,15+,18+,20+/m0/s1. The van der Waals surface area contributed by atoms with Gasteiger partial charge in [-0.25, -0.2) is 4.79 Å². The smallest absolute Gasteiger partial charge is 0.407 e. The van der Waals surface area contributed by atoms with Crippen molar-refractivity contribution in [1.82, 2.24) is 19.6 Å². The van der Waals surface area contributed by atoms with Crippen LogP contribution in [0.3, 0.4) is 0 Å². The van der Waals surface area contributed by atoms with E-state index in [1.807, 2.05) is 0 Å². The summed E-state index contributed by atoms with van der Waals surface area (Å²) >= 11 is 0. The molecule has 1 aromatic heterocycles. The number of amides is 1. The van der Waals surface area contributed by atoms with Gasteiger partial charge >= 0.3 is 6.09 Å². The quantitative estimate of drug-likeness (QED) is 0.868. The van der Waals surface area contributed by atoms with Crippen LogP contribution >= 0.6 is 0 Å². The summed E-state index contributed by atoms with van der Waals surface area (Å²) in [5, 5.41) is 15.6. The van der Waals surface area contributed by atoms with Gasteiger partial charge in [0.05, 0.1) is 17.6 Å². The number of rotatable bonds is 2. The Morgan fingerprint density at radius 2 is 1.96 bits per heavy atom. The summed E-state index contributed by atoms with van der Waals surface area (Å²) in [4.78, 5) is 15.7. The molecular weight excluding hydrogens is 340 g/mol. The first-order valence-corrected chi connectivity index (χ1v) is 10.1. The number of likely N-dealkylation sites (N-methyl/N-ethyl adjacent to an activating group) is 1. The van der Waals surface area contributed by atoms with Crippen LogP contribution in [0.25, 0.3) is 10.9 Å². The van der Waals surface area contributed by atoms with E-state index in [1.54, 1.807) is 4.90 Å².